The second-order valence-corrected chi connectivity index (χ2v) is 6.81. The molecule has 86 valence electrons. The van der Waals surface area contributed by atoms with Gasteiger partial charge in [0.25, 0.3) is 0 Å². The molecule has 1 rings (SSSR count). The normalized spacial score (nSPS) is 14.1. The van der Waals surface area contributed by atoms with Crippen molar-refractivity contribution in [2.75, 3.05) is 12.0 Å². The van der Waals surface area contributed by atoms with Gasteiger partial charge in [0.15, 0.2) is 0 Å². The first-order chi connectivity index (χ1) is 6.94. The van der Waals surface area contributed by atoms with Gasteiger partial charge in [-0.15, -0.1) is 11.3 Å². The van der Waals surface area contributed by atoms with Crippen LogP contribution in [0.15, 0.2) is 11.4 Å². The molecule has 1 aromatic heterocycles. The van der Waals surface area contributed by atoms with Crippen LogP contribution in [0.25, 0.3) is 0 Å². The standard InChI is InChI=1S/C9H16N2O2S2/c1-7-3-5-14-9(7)8(11-10)4-6-15(2,12)13/h3,5,8,11H,4,6,10H2,1-2H3. The fraction of sp³-hybridized carbons (Fsp3) is 0.556. The van der Waals surface area contributed by atoms with Crippen molar-refractivity contribution in [2.24, 2.45) is 5.84 Å². The first kappa shape index (κ1) is 12.6. The van der Waals surface area contributed by atoms with Crippen molar-refractivity contribution >= 4 is 21.2 Å². The van der Waals surface area contributed by atoms with E-state index in [0.717, 1.165) is 10.4 Å². The SMILES string of the molecule is Cc1ccsc1C(CCS(C)(=O)=O)NN. The van der Waals surface area contributed by atoms with Crippen LogP contribution in [0.1, 0.15) is 22.9 Å². The largest absolute Gasteiger partial charge is 0.271 e. The maximum absolute atomic E-state index is 11.0. The van der Waals surface area contributed by atoms with E-state index in [-0.39, 0.29) is 11.8 Å². The zero-order chi connectivity index (χ0) is 11.5. The molecule has 0 radical (unpaired) electrons. The molecule has 0 spiro atoms. The lowest BCUT2D eigenvalue weighted by Gasteiger charge is -2.14. The van der Waals surface area contributed by atoms with Gasteiger partial charge in [-0.25, -0.2) is 8.42 Å². The molecule has 6 heteroatoms. The summed E-state index contributed by atoms with van der Waals surface area (Å²) in [4.78, 5) is 1.11. The Bertz CT molecular complexity index is 412. The Morgan fingerprint density at radius 3 is 2.67 bits per heavy atom. The van der Waals surface area contributed by atoms with E-state index < -0.39 is 9.84 Å². The minimum Gasteiger partial charge on any atom is -0.271 e. The van der Waals surface area contributed by atoms with Crippen molar-refractivity contribution in [1.29, 1.82) is 0 Å². The van der Waals surface area contributed by atoms with Crippen molar-refractivity contribution in [2.45, 2.75) is 19.4 Å². The molecule has 1 aromatic rings. The molecule has 0 aliphatic carbocycles. The summed E-state index contributed by atoms with van der Waals surface area (Å²) in [5, 5.41) is 1.98. The van der Waals surface area contributed by atoms with Gasteiger partial charge >= 0.3 is 0 Å². The lowest BCUT2D eigenvalue weighted by atomic mass is 10.1. The Morgan fingerprint density at radius 1 is 1.60 bits per heavy atom. The van der Waals surface area contributed by atoms with Gasteiger partial charge < -0.3 is 0 Å². The highest BCUT2D eigenvalue weighted by atomic mass is 32.2. The second kappa shape index (κ2) is 5.07. The number of nitrogens with one attached hydrogen (secondary N) is 1. The summed E-state index contributed by atoms with van der Waals surface area (Å²) >= 11 is 1.60. The average Bonchev–Trinajstić information content (AvgIpc) is 2.52. The van der Waals surface area contributed by atoms with Crippen LogP contribution in [-0.2, 0) is 9.84 Å². The van der Waals surface area contributed by atoms with Crippen LogP contribution in [0.5, 0.6) is 0 Å². The predicted molar refractivity (Wildman–Crippen MR) is 63.4 cm³/mol. The van der Waals surface area contributed by atoms with Crippen molar-refractivity contribution in [1.82, 2.24) is 5.43 Å². The van der Waals surface area contributed by atoms with Crippen molar-refractivity contribution in [3.05, 3.63) is 21.9 Å². The summed E-state index contributed by atoms with van der Waals surface area (Å²) in [6.07, 6.45) is 1.75. The first-order valence-corrected chi connectivity index (χ1v) is 7.56. The molecule has 0 bridgehead atoms. The van der Waals surface area contributed by atoms with Gasteiger partial charge in [-0.05, 0) is 30.4 Å². The third kappa shape index (κ3) is 3.90. The van der Waals surface area contributed by atoms with E-state index >= 15 is 0 Å². The number of hydrazine groups is 1. The van der Waals surface area contributed by atoms with E-state index in [0.29, 0.717) is 6.42 Å². The van der Waals surface area contributed by atoms with E-state index in [9.17, 15) is 8.42 Å². The van der Waals surface area contributed by atoms with Crippen LogP contribution in [0.2, 0.25) is 0 Å². The maximum Gasteiger partial charge on any atom is 0.147 e. The topological polar surface area (TPSA) is 72.2 Å². The minimum atomic E-state index is -2.92. The number of sulfone groups is 1. The molecule has 0 aliphatic heterocycles. The summed E-state index contributed by atoms with van der Waals surface area (Å²) in [6.45, 7) is 2.00. The molecule has 1 unspecified atom stereocenters. The highest BCUT2D eigenvalue weighted by molar-refractivity contribution is 7.90. The van der Waals surface area contributed by atoms with Crippen LogP contribution in [0.4, 0.5) is 0 Å². The fourth-order valence-corrected chi connectivity index (χ4v) is 3.05. The van der Waals surface area contributed by atoms with Crippen molar-refractivity contribution < 1.29 is 8.42 Å². The molecule has 0 aliphatic rings. The summed E-state index contributed by atoms with van der Waals surface area (Å²) < 4.78 is 22.1. The van der Waals surface area contributed by atoms with Crippen LogP contribution in [0.3, 0.4) is 0 Å². The first-order valence-electron chi connectivity index (χ1n) is 4.62. The molecular formula is C9H16N2O2S2. The van der Waals surface area contributed by atoms with E-state index in [2.05, 4.69) is 5.43 Å². The highest BCUT2D eigenvalue weighted by Crippen LogP contribution is 2.25. The lowest BCUT2D eigenvalue weighted by molar-refractivity contribution is 0.536. The van der Waals surface area contributed by atoms with Gasteiger partial charge in [-0.3, -0.25) is 11.3 Å². The van der Waals surface area contributed by atoms with Gasteiger partial charge in [0.05, 0.1) is 11.8 Å². The Hall–Kier alpha value is -0.430. The zero-order valence-electron chi connectivity index (χ0n) is 8.86. The number of rotatable bonds is 5. The van der Waals surface area contributed by atoms with Gasteiger partial charge in [0.2, 0.25) is 0 Å². The molecule has 0 saturated heterocycles. The smallest absolute Gasteiger partial charge is 0.147 e. The van der Waals surface area contributed by atoms with Crippen molar-refractivity contribution in [3.8, 4) is 0 Å². The summed E-state index contributed by atoms with van der Waals surface area (Å²) in [6, 6.07) is 1.94. The van der Waals surface area contributed by atoms with E-state index in [1.54, 1.807) is 11.3 Å². The van der Waals surface area contributed by atoms with Crippen LogP contribution in [0, 0.1) is 6.92 Å². The molecular weight excluding hydrogens is 232 g/mol. The average molecular weight is 248 g/mol. The highest BCUT2D eigenvalue weighted by Gasteiger charge is 2.15. The lowest BCUT2D eigenvalue weighted by Crippen LogP contribution is -2.29. The second-order valence-electron chi connectivity index (χ2n) is 3.61. The third-order valence-electron chi connectivity index (χ3n) is 2.20. The van der Waals surface area contributed by atoms with E-state index in [1.807, 2.05) is 18.4 Å². The van der Waals surface area contributed by atoms with Crippen molar-refractivity contribution in [3.63, 3.8) is 0 Å². The monoisotopic (exact) mass is 248 g/mol. The number of aryl methyl sites for hydroxylation is 1. The summed E-state index contributed by atoms with van der Waals surface area (Å²) in [5.74, 6) is 5.58. The fourth-order valence-electron chi connectivity index (χ4n) is 1.36. The molecule has 0 saturated carbocycles. The Labute approximate surface area is 94.4 Å². The number of thiophene rings is 1. The molecule has 15 heavy (non-hydrogen) atoms. The molecule has 0 fully saturated rings. The number of nitrogens with two attached hydrogens (primary N) is 1. The molecule has 1 heterocycles. The zero-order valence-corrected chi connectivity index (χ0v) is 10.5. The van der Waals surface area contributed by atoms with Crippen LogP contribution >= 0.6 is 11.3 Å². The Morgan fingerprint density at radius 2 is 2.27 bits per heavy atom. The maximum atomic E-state index is 11.0. The molecule has 0 amide bonds. The van der Waals surface area contributed by atoms with Gasteiger partial charge in [-0.1, -0.05) is 0 Å². The van der Waals surface area contributed by atoms with Gasteiger partial charge in [0, 0.05) is 11.1 Å². The summed E-state index contributed by atoms with van der Waals surface area (Å²) in [5.41, 5.74) is 3.81. The Kier molecular flexibility index (Phi) is 4.27. The summed E-state index contributed by atoms with van der Waals surface area (Å²) in [7, 11) is -2.92. The Balaban J connectivity index is 2.70. The van der Waals surface area contributed by atoms with Gasteiger partial charge in [0.1, 0.15) is 9.84 Å². The third-order valence-corrected chi connectivity index (χ3v) is 4.31. The van der Waals surface area contributed by atoms with Crippen LogP contribution < -0.4 is 11.3 Å². The molecule has 1 atom stereocenters. The quantitative estimate of drug-likeness (QED) is 0.602. The van der Waals surface area contributed by atoms with Crippen LogP contribution in [-0.4, -0.2) is 20.4 Å². The molecule has 3 N–H and O–H groups in total. The predicted octanol–water partition coefficient (Wildman–Crippen LogP) is 0.996. The minimum absolute atomic E-state index is 0.0697. The number of hydrogen-bond acceptors (Lipinski definition) is 5. The molecule has 4 nitrogen and oxygen atoms in total. The van der Waals surface area contributed by atoms with E-state index in [4.69, 9.17) is 5.84 Å². The van der Waals surface area contributed by atoms with E-state index in [1.165, 1.54) is 6.26 Å². The number of hydrogen-bond donors (Lipinski definition) is 2. The molecule has 0 aromatic carbocycles. The van der Waals surface area contributed by atoms with Gasteiger partial charge in [-0.2, -0.15) is 0 Å².